The van der Waals surface area contributed by atoms with Crippen LogP contribution in [0.25, 0.3) is 11.0 Å². The number of fused-ring (bicyclic) bond motifs is 1. The third kappa shape index (κ3) is 3.91. The summed E-state index contributed by atoms with van der Waals surface area (Å²) < 4.78 is 2.99. The van der Waals surface area contributed by atoms with Crippen LogP contribution in [0.3, 0.4) is 0 Å². The molecule has 2 aromatic rings. The molecule has 1 N–H and O–H groups in total. The number of allylic oxidation sites excluding steroid dienone is 2. The first-order valence-corrected chi connectivity index (χ1v) is 9.60. The quantitative estimate of drug-likeness (QED) is 0.786. The third-order valence-electron chi connectivity index (χ3n) is 3.79. The van der Waals surface area contributed by atoms with Crippen molar-refractivity contribution >= 4 is 44.4 Å². The molecule has 0 saturated heterocycles. The highest BCUT2D eigenvalue weighted by atomic mass is 79.9. The molecule has 0 spiro atoms. The van der Waals surface area contributed by atoms with Gasteiger partial charge in [-0.15, -0.1) is 16.9 Å². The van der Waals surface area contributed by atoms with E-state index >= 15 is 0 Å². The summed E-state index contributed by atoms with van der Waals surface area (Å²) in [7, 11) is 0. The monoisotopic (exact) mass is 394 g/mol. The number of halogens is 1. The van der Waals surface area contributed by atoms with E-state index < -0.39 is 0 Å². The lowest BCUT2D eigenvalue weighted by Crippen LogP contribution is -2.16. The third-order valence-corrected chi connectivity index (χ3v) is 5.82. The van der Waals surface area contributed by atoms with Crippen molar-refractivity contribution < 1.29 is 0 Å². The normalized spacial score (nSPS) is 18.5. The lowest BCUT2D eigenvalue weighted by atomic mass is 9.97. The van der Waals surface area contributed by atoms with E-state index in [0.29, 0.717) is 5.25 Å². The molecule has 0 amide bonds. The van der Waals surface area contributed by atoms with Crippen LogP contribution < -0.4 is 5.32 Å². The molecule has 0 fully saturated rings. The second kappa shape index (κ2) is 6.48. The van der Waals surface area contributed by atoms with Gasteiger partial charge in [0.05, 0.1) is 15.7 Å². The van der Waals surface area contributed by atoms with E-state index in [1.807, 2.05) is 16.4 Å². The molecule has 1 atom stereocenters. The Balaban J connectivity index is 1.77. The molecule has 1 unspecified atom stereocenters. The van der Waals surface area contributed by atoms with Gasteiger partial charge in [0.1, 0.15) is 5.52 Å². The maximum atomic E-state index is 4.37. The number of hydrogen-bond acceptors (Lipinski definition) is 4. The van der Waals surface area contributed by atoms with Crippen molar-refractivity contribution in [3.05, 3.63) is 27.6 Å². The Hall–Kier alpha value is -1.01. The molecule has 1 aromatic carbocycles. The van der Waals surface area contributed by atoms with Crippen molar-refractivity contribution in [2.24, 2.45) is 5.41 Å². The summed E-state index contributed by atoms with van der Waals surface area (Å²) in [5.74, 6) is 0. The second-order valence-corrected chi connectivity index (χ2v) is 9.61. The van der Waals surface area contributed by atoms with Crippen LogP contribution in [-0.2, 0) is 6.54 Å². The van der Waals surface area contributed by atoms with E-state index in [2.05, 4.69) is 77.5 Å². The van der Waals surface area contributed by atoms with Crippen LogP contribution in [0.4, 0.5) is 5.69 Å². The molecule has 0 radical (unpaired) electrons. The number of thioether (sulfide) groups is 1. The molecule has 124 valence electrons. The molecule has 1 aliphatic heterocycles. The maximum Gasteiger partial charge on any atom is 0.129 e. The van der Waals surface area contributed by atoms with E-state index in [1.54, 1.807) is 0 Å². The van der Waals surface area contributed by atoms with Crippen LogP contribution in [-0.4, -0.2) is 26.8 Å². The zero-order chi connectivity index (χ0) is 16.6. The Labute approximate surface area is 150 Å². The summed E-state index contributed by atoms with van der Waals surface area (Å²) in [5, 5.41) is 12.9. The molecular formula is C17H23BrN4S. The van der Waals surface area contributed by atoms with Gasteiger partial charge in [-0.25, -0.2) is 4.68 Å². The topological polar surface area (TPSA) is 42.7 Å². The van der Waals surface area contributed by atoms with E-state index in [0.717, 1.165) is 40.7 Å². The largest absolute Gasteiger partial charge is 0.383 e. The number of aromatic nitrogens is 3. The molecule has 1 aromatic heterocycles. The summed E-state index contributed by atoms with van der Waals surface area (Å²) in [6.45, 7) is 10.6. The van der Waals surface area contributed by atoms with Gasteiger partial charge in [0.25, 0.3) is 0 Å². The summed E-state index contributed by atoms with van der Waals surface area (Å²) in [5.41, 5.74) is 3.26. The standard InChI is InChI=1S/C17H23BrN4S/c1-11-5-6-12(23-11)9-19-13-7-8-14-16(15(13)18)20-21-22(14)10-17(2,3)4/h5,7-8,12,19H,6,9-10H2,1-4H3. The minimum Gasteiger partial charge on any atom is -0.383 e. The van der Waals surface area contributed by atoms with Crippen LogP contribution in [0.2, 0.25) is 0 Å². The van der Waals surface area contributed by atoms with Gasteiger partial charge in [-0.05, 0) is 51.7 Å². The Morgan fingerprint density at radius 3 is 2.83 bits per heavy atom. The van der Waals surface area contributed by atoms with E-state index in [-0.39, 0.29) is 5.41 Å². The zero-order valence-electron chi connectivity index (χ0n) is 14.1. The molecule has 3 rings (SSSR count). The summed E-state index contributed by atoms with van der Waals surface area (Å²) in [6, 6.07) is 4.23. The highest BCUT2D eigenvalue weighted by Crippen LogP contribution is 2.34. The lowest BCUT2D eigenvalue weighted by molar-refractivity contribution is 0.327. The summed E-state index contributed by atoms with van der Waals surface area (Å²) in [4.78, 5) is 1.43. The van der Waals surface area contributed by atoms with Crippen LogP contribution in [0.1, 0.15) is 34.1 Å². The van der Waals surface area contributed by atoms with Gasteiger partial charge in [0, 0.05) is 18.3 Å². The SMILES string of the molecule is CC1=CCC(CNc2ccc3c(nnn3CC(C)(C)C)c2Br)S1. The van der Waals surface area contributed by atoms with Crippen LogP contribution in [0.15, 0.2) is 27.6 Å². The Kier molecular flexibility index (Phi) is 4.74. The van der Waals surface area contributed by atoms with Crippen LogP contribution >= 0.6 is 27.7 Å². The molecule has 0 bridgehead atoms. The number of rotatable bonds is 4. The number of nitrogens with one attached hydrogen (secondary N) is 1. The van der Waals surface area contributed by atoms with Crippen LogP contribution in [0, 0.1) is 5.41 Å². The van der Waals surface area contributed by atoms with E-state index in [9.17, 15) is 0 Å². The number of anilines is 1. The lowest BCUT2D eigenvalue weighted by Gasteiger charge is -2.18. The Bertz CT molecular complexity index is 745. The van der Waals surface area contributed by atoms with Gasteiger partial charge in [-0.2, -0.15) is 0 Å². The van der Waals surface area contributed by atoms with Crippen molar-refractivity contribution in [3.63, 3.8) is 0 Å². The van der Waals surface area contributed by atoms with Gasteiger partial charge < -0.3 is 5.32 Å². The zero-order valence-corrected chi connectivity index (χ0v) is 16.5. The first kappa shape index (κ1) is 16.8. The molecular weight excluding hydrogens is 372 g/mol. The molecule has 1 aliphatic rings. The van der Waals surface area contributed by atoms with Crippen molar-refractivity contribution in [2.75, 3.05) is 11.9 Å². The van der Waals surface area contributed by atoms with Crippen molar-refractivity contribution in [2.45, 2.75) is 45.9 Å². The first-order chi connectivity index (χ1) is 10.8. The molecule has 6 heteroatoms. The predicted octanol–water partition coefficient (Wildman–Crippen LogP) is 5.06. The number of benzene rings is 1. The second-order valence-electron chi connectivity index (χ2n) is 7.27. The fraction of sp³-hybridized carbons (Fsp3) is 0.529. The number of hydrogen-bond donors (Lipinski definition) is 1. The van der Waals surface area contributed by atoms with Gasteiger partial charge >= 0.3 is 0 Å². The maximum absolute atomic E-state index is 4.37. The van der Waals surface area contributed by atoms with E-state index in [1.165, 1.54) is 4.91 Å². The van der Waals surface area contributed by atoms with Gasteiger partial charge in [-0.1, -0.05) is 32.1 Å². The summed E-state index contributed by atoms with van der Waals surface area (Å²) in [6.07, 6.45) is 3.46. The fourth-order valence-corrected chi connectivity index (χ4v) is 4.34. The van der Waals surface area contributed by atoms with E-state index in [4.69, 9.17) is 0 Å². The van der Waals surface area contributed by atoms with Gasteiger partial charge in [0.2, 0.25) is 0 Å². The first-order valence-electron chi connectivity index (χ1n) is 7.92. The molecule has 23 heavy (non-hydrogen) atoms. The number of nitrogens with zero attached hydrogens (tertiary/aromatic N) is 3. The molecule has 0 aliphatic carbocycles. The molecule has 2 heterocycles. The van der Waals surface area contributed by atoms with Crippen molar-refractivity contribution in [1.29, 1.82) is 0 Å². The highest BCUT2D eigenvalue weighted by molar-refractivity contribution is 9.10. The van der Waals surface area contributed by atoms with Crippen molar-refractivity contribution in [1.82, 2.24) is 15.0 Å². The van der Waals surface area contributed by atoms with Crippen LogP contribution in [0.5, 0.6) is 0 Å². The van der Waals surface area contributed by atoms with Gasteiger partial charge in [0.15, 0.2) is 0 Å². The van der Waals surface area contributed by atoms with Gasteiger partial charge in [-0.3, -0.25) is 0 Å². The Morgan fingerprint density at radius 2 is 2.17 bits per heavy atom. The molecule has 4 nitrogen and oxygen atoms in total. The summed E-state index contributed by atoms with van der Waals surface area (Å²) >= 11 is 5.65. The highest BCUT2D eigenvalue weighted by Gasteiger charge is 2.18. The minimum absolute atomic E-state index is 0.175. The fourth-order valence-electron chi connectivity index (χ4n) is 2.71. The minimum atomic E-state index is 0.175. The Morgan fingerprint density at radius 1 is 1.39 bits per heavy atom. The average molecular weight is 395 g/mol. The average Bonchev–Trinajstić information content (AvgIpc) is 3.04. The molecule has 0 saturated carbocycles. The smallest absolute Gasteiger partial charge is 0.129 e. The van der Waals surface area contributed by atoms with Crippen molar-refractivity contribution in [3.8, 4) is 0 Å². The predicted molar refractivity (Wildman–Crippen MR) is 103 cm³/mol.